The molecule has 0 unspecified atom stereocenters. The fourth-order valence-electron chi connectivity index (χ4n) is 1.74. The van der Waals surface area contributed by atoms with Crippen molar-refractivity contribution in [1.29, 1.82) is 0 Å². The Bertz CT molecular complexity index is 638. The SMILES string of the molecule is Cc1ccc(C(=O)Nc2cccc(C)c2Br)c(Br)c1. The summed E-state index contributed by atoms with van der Waals surface area (Å²) in [6, 6.07) is 11.4. The van der Waals surface area contributed by atoms with E-state index in [-0.39, 0.29) is 5.91 Å². The lowest BCUT2D eigenvalue weighted by atomic mass is 10.1. The lowest BCUT2D eigenvalue weighted by Gasteiger charge is -2.10. The van der Waals surface area contributed by atoms with E-state index in [1.165, 1.54) is 0 Å². The van der Waals surface area contributed by atoms with Crippen LogP contribution in [0.5, 0.6) is 0 Å². The molecule has 0 aliphatic carbocycles. The predicted octanol–water partition coefficient (Wildman–Crippen LogP) is 5.08. The molecule has 19 heavy (non-hydrogen) atoms. The van der Waals surface area contributed by atoms with Crippen LogP contribution in [0.2, 0.25) is 0 Å². The van der Waals surface area contributed by atoms with E-state index in [4.69, 9.17) is 0 Å². The number of anilines is 1. The molecule has 0 saturated heterocycles. The van der Waals surface area contributed by atoms with E-state index < -0.39 is 0 Å². The van der Waals surface area contributed by atoms with E-state index in [0.29, 0.717) is 5.56 Å². The van der Waals surface area contributed by atoms with Gasteiger partial charge in [-0.25, -0.2) is 0 Å². The highest BCUT2D eigenvalue weighted by Gasteiger charge is 2.12. The normalized spacial score (nSPS) is 10.3. The van der Waals surface area contributed by atoms with Crippen LogP contribution in [0.1, 0.15) is 21.5 Å². The summed E-state index contributed by atoms with van der Waals surface area (Å²) in [6.45, 7) is 3.98. The zero-order valence-electron chi connectivity index (χ0n) is 10.6. The third-order valence-corrected chi connectivity index (χ3v) is 4.52. The summed E-state index contributed by atoms with van der Waals surface area (Å²) in [6.07, 6.45) is 0. The van der Waals surface area contributed by atoms with E-state index in [1.54, 1.807) is 0 Å². The Kier molecular flexibility index (Phi) is 4.42. The molecule has 0 aromatic heterocycles. The minimum Gasteiger partial charge on any atom is -0.321 e. The molecule has 2 nitrogen and oxygen atoms in total. The van der Waals surface area contributed by atoms with Crippen molar-refractivity contribution < 1.29 is 4.79 Å². The van der Waals surface area contributed by atoms with Crippen molar-refractivity contribution in [1.82, 2.24) is 0 Å². The van der Waals surface area contributed by atoms with E-state index in [1.807, 2.05) is 50.2 Å². The highest BCUT2D eigenvalue weighted by atomic mass is 79.9. The maximum absolute atomic E-state index is 12.2. The Labute approximate surface area is 129 Å². The van der Waals surface area contributed by atoms with Gasteiger partial charge < -0.3 is 5.32 Å². The first-order valence-electron chi connectivity index (χ1n) is 5.81. The summed E-state index contributed by atoms with van der Waals surface area (Å²) in [5.74, 6) is -0.127. The van der Waals surface area contributed by atoms with Crippen LogP contribution >= 0.6 is 31.9 Å². The fraction of sp³-hybridized carbons (Fsp3) is 0.133. The summed E-state index contributed by atoms with van der Waals surface area (Å²) in [7, 11) is 0. The highest BCUT2D eigenvalue weighted by molar-refractivity contribution is 9.11. The number of hydrogen-bond acceptors (Lipinski definition) is 1. The molecule has 2 aromatic rings. The molecule has 1 amide bonds. The van der Waals surface area contributed by atoms with Gasteiger partial charge in [-0.05, 0) is 75.0 Å². The number of halogens is 2. The molecule has 0 heterocycles. The molecule has 0 radical (unpaired) electrons. The van der Waals surface area contributed by atoms with Crippen LogP contribution in [0.15, 0.2) is 45.3 Å². The van der Waals surface area contributed by atoms with Crippen LogP contribution in [0.4, 0.5) is 5.69 Å². The van der Waals surface area contributed by atoms with Gasteiger partial charge in [0.25, 0.3) is 5.91 Å². The topological polar surface area (TPSA) is 29.1 Å². The summed E-state index contributed by atoms with van der Waals surface area (Å²) < 4.78 is 1.71. The van der Waals surface area contributed by atoms with Crippen molar-refractivity contribution in [3.8, 4) is 0 Å². The van der Waals surface area contributed by atoms with Crippen molar-refractivity contribution in [2.24, 2.45) is 0 Å². The molecule has 0 fully saturated rings. The summed E-state index contributed by atoms with van der Waals surface area (Å²) in [5.41, 5.74) is 3.59. The number of benzene rings is 2. The number of nitrogens with one attached hydrogen (secondary N) is 1. The molecular formula is C15H13Br2NO. The molecule has 0 bridgehead atoms. The molecule has 98 valence electrons. The lowest BCUT2D eigenvalue weighted by Crippen LogP contribution is -2.13. The molecule has 2 rings (SSSR count). The Hall–Kier alpha value is -1.13. The number of carbonyl (C=O) groups is 1. The van der Waals surface area contributed by atoms with Gasteiger partial charge in [-0.2, -0.15) is 0 Å². The number of hydrogen-bond donors (Lipinski definition) is 1. The standard InChI is InChI=1S/C15H13Br2NO/c1-9-6-7-11(12(16)8-9)15(19)18-13-5-3-4-10(2)14(13)17/h3-8H,1-2H3,(H,18,19). The minimum atomic E-state index is -0.127. The molecule has 0 aliphatic rings. The van der Waals surface area contributed by atoms with Gasteiger partial charge in [-0.1, -0.05) is 18.2 Å². The van der Waals surface area contributed by atoms with Crippen molar-refractivity contribution >= 4 is 43.5 Å². The molecule has 2 aromatic carbocycles. The molecule has 0 atom stereocenters. The molecule has 0 saturated carbocycles. The van der Waals surface area contributed by atoms with E-state index in [2.05, 4.69) is 37.2 Å². The van der Waals surface area contributed by atoms with Crippen LogP contribution in [0.3, 0.4) is 0 Å². The lowest BCUT2D eigenvalue weighted by molar-refractivity contribution is 0.102. The van der Waals surface area contributed by atoms with Gasteiger partial charge in [0.2, 0.25) is 0 Å². The second kappa shape index (κ2) is 5.88. The van der Waals surface area contributed by atoms with Crippen molar-refractivity contribution in [3.05, 3.63) is 62.0 Å². The first-order chi connectivity index (χ1) is 8.99. The van der Waals surface area contributed by atoms with Gasteiger partial charge >= 0.3 is 0 Å². The number of carbonyl (C=O) groups excluding carboxylic acids is 1. The van der Waals surface area contributed by atoms with Gasteiger partial charge in [0.15, 0.2) is 0 Å². The van der Waals surface area contributed by atoms with Crippen molar-refractivity contribution in [2.75, 3.05) is 5.32 Å². The maximum atomic E-state index is 12.2. The Balaban J connectivity index is 2.28. The van der Waals surface area contributed by atoms with Crippen LogP contribution < -0.4 is 5.32 Å². The predicted molar refractivity (Wildman–Crippen MR) is 85.7 cm³/mol. The van der Waals surface area contributed by atoms with Gasteiger partial charge in [0, 0.05) is 8.95 Å². The minimum absolute atomic E-state index is 0.127. The number of rotatable bonds is 2. The smallest absolute Gasteiger partial charge is 0.256 e. The highest BCUT2D eigenvalue weighted by Crippen LogP contribution is 2.27. The summed E-state index contributed by atoms with van der Waals surface area (Å²) in [4.78, 5) is 12.2. The van der Waals surface area contributed by atoms with Crippen LogP contribution in [-0.2, 0) is 0 Å². The van der Waals surface area contributed by atoms with Crippen LogP contribution in [0.25, 0.3) is 0 Å². The second-order valence-electron chi connectivity index (χ2n) is 4.37. The summed E-state index contributed by atoms with van der Waals surface area (Å²) >= 11 is 6.91. The average Bonchev–Trinajstić information content (AvgIpc) is 2.34. The first kappa shape index (κ1) is 14.3. The Morgan fingerprint density at radius 2 is 1.84 bits per heavy atom. The molecule has 0 spiro atoms. The summed E-state index contributed by atoms with van der Waals surface area (Å²) in [5, 5.41) is 2.91. The fourth-order valence-corrected chi connectivity index (χ4v) is 2.77. The first-order valence-corrected chi connectivity index (χ1v) is 7.40. The zero-order valence-corrected chi connectivity index (χ0v) is 13.8. The van der Waals surface area contributed by atoms with E-state index in [9.17, 15) is 4.79 Å². The van der Waals surface area contributed by atoms with Gasteiger partial charge in [-0.3, -0.25) is 4.79 Å². The Morgan fingerprint density at radius 3 is 2.53 bits per heavy atom. The Morgan fingerprint density at radius 1 is 1.11 bits per heavy atom. The van der Waals surface area contributed by atoms with Crippen LogP contribution in [0, 0.1) is 13.8 Å². The van der Waals surface area contributed by atoms with Gasteiger partial charge in [0.1, 0.15) is 0 Å². The second-order valence-corrected chi connectivity index (χ2v) is 6.02. The third kappa shape index (κ3) is 3.25. The van der Waals surface area contributed by atoms with Crippen molar-refractivity contribution in [3.63, 3.8) is 0 Å². The van der Waals surface area contributed by atoms with E-state index >= 15 is 0 Å². The quantitative estimate of drug-likeness (QED) is 0.770. The third-order valence-electron chi connectivity index (χ3n) is 2.81. The number of amides is 1. The van der Waals surface area contributed by atoms with Gasteiger partial charge in [-0.15, -0.1) is 0 Å². The van der Waals surface area contributed by atoms with Gasteiger partial charge in [0.05, 0.1) is 11.3 Å². The zero-order chi connectivity index (χ0) is 14.0. The largest absolute Gasteiger partial charge is 0.321 e. The van der Waals surface area contributed by atoms with Crippen molar-refractivity contribution in [2.45, 2.75) is 13.8 Å². The molecule has 4 heteroatoms. The molecule has 0 aliphatic heterocycles. The molecular weight excluding hydrogens is 370 g/mol. The molecule has 1 N–H and O–H groups in total. The average molecular weight is 383 g/mol. The number of aryl methyl sites for hydroxylation is 2. The van der Waals surface area contributed by atoms with E-state index in [0.717, 1.165) is 25.8 Å². The monoisotopic (exact) mass is 381 g/mol. The maximum Gasteiger partial charge on any atom is 0.256 e. The van der Waals surface area contributed by atoms with Crippen LogP contribution in [-0.4, -0.2) is 5.91 Å².